The third kappa shape index (κ3) is 4.47. The van der Waals surface area contributed by atoms with Crippen molar-refractivity contribution < 1.29 is 4.74 Å². The van der Waals surface area contributed by atoms with Gasteiger partial charge in [-0.25, -0.2) is 4.98 Å². The van der Waals surface area contributed by atoms with Crippen molar-refractivity contribution in [2.45, 2.75) is 24.8 Å². The summed E-state index contributed by atoms with van der Waals surface area (Å²) in [6.45, 7) is 4.61. The van der Waals surface area contributed by atoms with E-state index in [2.05, 4.69) is 20.6 Å². The van der Waals surface area contributed by atoms with E-state index < -0.39 is 0 Å². The lowest BCUT2D eigenvalue weighted by molar-refractivity contribution is 0.340. The van der Waals surface area contributed by atoms with Gasteiger partial charge < -0.3 is 4.74 Å². The van der Waals surface area contributed by atoms with Crippen molar-refractivity contribution in [3.63, 3.8) is 0 Å². The summed E-state index contributed by atoms with van der Waals surface area (Å²) in [6.07, 6.45) is 0. The topological polar surface area (TPSA) is 52.8 Å². The van der Waals surface area contributed by atoms with Gasteiger partial charge in [-0.1, -0.05) is 35.5 Å². The van der Waals surface area contributed by atoms with E-state index in [-0.39, 0.29) is 0 Å². The molecule has 2 aromatic carbocycles. The molecule has 0 N–H and O–H groups in total. The van der Waals surface area contributed by atoms with Crippen LogP contribution in [0.15, 0.2) is 59.1 Å². The molecule has 0 atom stereocenters. The highest BCUT2D eigenvalue weighted by Crippen LogP contribution is 2.33. The largest absolute Gasteiger partial charge is 0.494 e. The molecule has 0 aliphatic heterocycles. The molecule has 0 spiro atoms. The Labute approximate surface area is 182 Å². The maximum atomic E-state index is 6.45. The van der Waals surface area contributed by atoms with Crippen molar-refractivity contribution in [3.05, 3.63) is 69.6 Å². The van der Waals surface area contributed by atoms with E-state index in [1.54, 1.807) is 23.1 Å². The van der Waals surface area contributed by atoms with Gasteiger partial charge in [0.25, 0.3) is 0 Å². The van der Waals surface area contributed by atoms with Crippen LogP contribution in [-0.4, -0.2) is 26.4 Å². The predicted molar refractivity (Wildman–Crippen MR) is 119 cm³/mol. The second-order valence-corrected chi connectivity index (χ2v) is 8.61. The van der Waals surface area contributed by atoms with Gasteiger partial charge in [0, 0.05) is 22.4 Å². The van der Waals surface area contributed by atoms with Gasteiger partial charge >= 0.3 is 0 Å². The Bertz CT molecular complexity index is 1110. The number of nitrogens with zero attached hydrogens (tertiary/aromatic N) is 4. The minimum Gasteiger partial charge on any atom is -0.494 e. The Balaban J connectivity index is 1.74. The number of thiazole rings is 1. The number of hydrogen-bond acceptors (Lipinski definition) is 6. The lowest BCUT2D eigenvalue weighted by atomic mass is 10.2. The lowest BCUT2D eigenvalue weighted by Crippen LogP contribution is -2.01. The Morgan fingerprint density at radius 3 is 2.59 bits per heavy atom. The van der Waals surface area contributed by atoms with Crippen LogP contribution in [0.4, 0.5) is 0 Å². The van der Waals surface area contributed by atoms with Gasteiger partial charge in [-0.2, -0.15) is 0 Å². The summed E-state index contributed by atoms with van der Waals surface area (Å²) < 4.78 is 7.60. The third-order valence-electron chi connectivity index (χ3n) is 4.17. The summed E-state index contributed by atoms with van der Waals surface area (Å²) in [5.41, 5.74) is 2.83. The second kappa shape index (κ2) is 8.98. The number of aryl methyl sites for hydroxylation is 1. The van der Waals surface area contributed by atoms with E-state index in [0.29, 0.717) is 17.5 Å². The van der Waals surface area contributed by atoms with E-state index in [1.807, 2.05) is 66.9 Å². The average Bonchev–Trinajstić information content (AvgIpc) is 3.34. The Hall–Kier alpha value is -2.35. The molecule has 0 bridgehead atoms. The van der Waals surface area contributed by atoms with Crippen molar-refractivity contribution in [1.29, 1.82) is 0 Å². The van der Waals surface area contributed by atoms with Crippen molar-refractivity contribution >= 4 is 34.7 Å². The summed E-state index contributed by atoms with van der Waals surface area (Å²) in [6, 6.07) is 15.6. The minimum absolute atomic E-state index is 0.630. The number of halogens is 1. The van der Waals surface area contributed by atoms with Crippen molar-refractivity contribution in [2.75, 3.05) is 6.61 Å². The first-order chi connectivity index (χ1) is 14.2. The van der Waals surface area contributed by atoms with Crippen LogP contribution in [0.1, 0.15) is 17.6 Å². The average molecular weight is 443 g/mol. The van der Waals surface area contributed by atoms with Crippen LogP contribution in [-0.2, 0) is 5.75 Å². The fraction of sp³-hybridized carbons (Fsp3) is 0.190. The Kier molecular flexibility index (Phi) is 6.18. The van der Waals surface area contributed by atoms with E-state index >= 15 is 0 Å². The third-order valence-corrected chi connectivity index (χ3v) is 6.28. The van der Waals surface area contributed by atoms with Gasteiger partial charge in [-0.15, -0.1) is 21.5 Å². The molecule has 2 heterocycles. The molecule has 5 nitrogen and oxygen atoms in total. The van der Waals surface area contributed by atoms with Gasteiger partial charge in [-0.3, -0.25) is 4.57 Å². The second-order valence-electron chi connectivity index (χ2n) is 6.19. The molecule has 0 amide bonds. The summed E-state index contributed by atoms with van der Waals surface area (Å²) in [5.74, 6) is 2.26. The number of thioether (sulfide) groups is 1. The van der Waals surface area contributed by atoms with Crippen LogP contribution in [0.5, 0.6) is 5.75 Å². The molecule has 0 fully saturated rings. The zero-order chi connectivity index (χ0) is 20.2. The standard InChI is InChI=1S/C21H19ClN4OS2/c1-3-27-17-10-8-16(9-11-17)26-20(18-6-4-5-7-19(18)22)24-25-21(26)29-13-15-12-28-14(2)23-15/h4-12H,3,13H2,1-2H3. The zero-order valence-electron chi connectivity index (χ0n) is 16.0. The molecule has 0 aliphatic carbocycles. The van der Waals surface area contributed by atoms with E-state index in [9.17, 15) is 0 Å². The van der Waals surface area contributed by atoms with Gasteiger partial charge in [-0.05, 0) is 50.2 Å². The molecule has 148 valence electrons. The van der Waals surface area contributed by atoms with Gasteiger partial charge in [0.05, 0.1) is 22.3 Å². The molecule has 0 saturated heterocycles. The maximum Gasteiger partial charge on any atom is 0.196 e. The molecule has 0 radical (unpaired) electrons. The molecule has 8 heteroatoms. The van der Waals surface area contributed by atoms with E-state index in [4.69, 9.17) is 16.3 Å². The summed E-state index contributed by atoms with van der Waals surface area (Å²) in [7, 11) is 0. The van der Waals surface area contributed by atoms with Crippen molar-refractivity contribution in [1.82, 2.24) is 19.7 Å². The normalized spacial score (nSPS) is 11.0. The van der Waals surface area contributed by atoms with Crippen LogP contribution >= 0.6 is 34.7 Å². The van der Waals surface area contributed by atoms with Crippen LogP contribution in [0.2, 0.25) is 5.02 Å². The molecular formula is C21H19ClN4OS2. The minimum atomic E-state index is 0.630. The van der Waals surface area contributed by atoms with Crippen LogP contribution in [0.25, 0.3) is 17.1 Å². The lowest BCUT2D eigenvalue weighted by Gasteiger charge is -2.12. The fourth-order valence-electron chi connectivity index (χ4n) is 2.88. The highest BCUT2D eigenvalue weighted by molar-refractivity contribution is 7.98. The van der Waals surface area contributed by atoms with Crippen molar-refractivity contribution in [2.24, 2.45) is 0 Å². The highest BCUT2D eigenvalue weighted by atomic mass is 35.5. The number of ether oxygens (including phenoxy) is 1. The first kappa shape index (κ1) is 19.9. The van der Waals surface area contributed by atoms with E-state index in [1.165, 1.54) is 0 Å². The Morgan fingerprint density at radius 2 is 1.90 bits per heavy atom. The quantitative estimate of drug-likeness (QED) is 0.326. The number of rotatable bonds is 7. The highest BCUT2D eigenvalue weighted by Gasteiger charge is 2.18. The molecule has 0 saturated carbocycles. The van der Waals surface area contributed by atoms with E-state index in [0.717, 1.165) is 38.6 Å². The summed E-state index contributed by atoms with van der Waals surface area (Å²) >= 11 is 9.71. The number of hydrogen-bond donors (Lipinski definition) is 0. The van der Waals surface area contributed by atoms with Crippen LogP contribution in [0, 0.1) is 6.92 Å². The molecule has 29 heavy (non-hydrogen) atoms. The number of aromatic nitrogens is 4. The molecular weight excluding hydrogens is 424 g/mol. The van der Waals surface area contributed by atoms with Gasteiger partial charge in [0.15, 0.2) is 11.0 Å². The first-order valence-corrected chi connectivity index (χ1v) is 11.4. The summed E-state index contributed by atoms with van der Waals surface area (Å²) in [4.78, 5) is 4.54. The van der Waals surface area contributed by atoms with Crippen LogP contribution in [0.3, 0.4) is 0 Å². The monoisotopic (exact) mass is 442 g/mol. The molecule has 4 aromatic rings. The smallest absolute Gasteiger partial charge is 0.196 e. The molecule has 4 rings (SSSR count). The molecule has 0 aliphatic rings. The SMILES string of the molecule is CCOc1ccc(-n2c(SCc3csc(C)n3)nnc2-c2ccccc2Cl)cc1. The molecule has 0 unspecified atom stereocenters. The van der Waals surface area contributed by atoms with Crippen molar-refractivity contribution in [3.8, 4) is 22.8 Å². The van der Waals surface area contributed by atoms with Crippen LogP contribution < -0.4 is 4.74 Å². The number of benzene rings is 2. The maximum absolute atomic E-state index is 6.45. The molecule has 2 aromatic heterocycles. The van der Waals surface area contributed by atoms with Gasteiger partial charge in [0.2, 0.25) is 0 Å². The predicted octanol–water partition coefficient (Wildman–Crippen LogP) is 6.04. The van der Waals surface area contributed by atoms with Gasteiger partial charge in [0.1, 0.15) is 5.75 Å². The summed E-state index contributed by atoms with van der Waals surface area (Å²) in [5, 5.41) is 13.5. The zero-order valence-corrected chi connectivity index (χ0v) is 18.4. The first-order valence-electron chi connectivity index (χ1n) is 9.13. The fourth-order valence-corrected chi connectivity index (χ4v) is 4.67. The Morgan fingerprint density at radius 1 is 1.10 bits per heavy atom.